The summed E-state index contributed by atoms with van der Waals surface area (Å²) < 4.78 is 5.13. The maximum Gasteiger partial charge on any atom is 0.323 e. The van der Waals surface area contributed by atoms with Gasteiger partial charge in [-0.25, -0.2) is 0 Å². The molecule has 0 aromatic carbocycles. The summed E-state index contributed by atoms with van der Waals surface area (Å²) >= 11 is 0. The van der Waals surface area contributed by atoms with Crippen LogP contribution >= 0.6 is 0 Å². The van der Waals surface area contributed by atoms with Crippen molar-refractivity contribution in [1.29, 1.82) is 0 Å². The fraction of sp³-hybridized carbons (Fsp3) is 0.933. The third-order valence-corrected chi connectivity index (χ3v) is 4.12. The molecule has 0 saturated carbocycles. The molecule has 0 amide bonds. The first-order chi connectivity index (χ1) is 9.13. The van der Waals surface area contributed by atoms with E-state index >= 15 is 0 Å². The Morgan fingerprint density at radius 3 is 2.68 bits per heavy atom. The van der Waals surface area contributed by atoms with Gasteiger partial charge in [0.2, 0.25) is 0 Å². The Morgan fingerprint density at radius 1 is 1.37 bits per heavy atom. The monoisotopic (exact) mass is 270 g/mol. The molecule has 19 heavy (non-hydrogen) atoms. The lowest BCUT2D eigenvalue weighted by atomic mass is 10.1. The van der Waals surface area contributed by atoms with Crippen molar-refractivity contribution in [3.05, 3.63) is 0 Å². The van der Waals surface area contributed by atoms with E-state index in [1.165, 1.54) is 19.3 Å². The first-order valence-electron chi connectivity index (χ1n) is 7.79. The van der Waals surface area contributed by atoms with Crippen molar-refractivity contribution < 1.29 is 9.53 Å². The summed E-state index contributed by atoms with van der Waals surface area (Å²) in [7, 11) is 0. The van der Waals surface area contributed by atoms with E-state index in [0.717, 1.165) is 19.5 Å². The van der Waals surface area contributed by atoms with Crippen LogP contribution in [-0.2, 0) is 9.53 Å². The average Bonchev–Trinajstić information content (AvgIpc) is 2.75. The molecule has 3 atom stereocenters. The predicted molar refractivity (Wildman–Crippen MR) is 78.2 cm³/mol. The van der Waals surface area contributed by atoms with Crippen LogP contribution in [0.2, 0.25) is 0 Å². The van der Waals surface area contributed by atoms with Gasteiger partial charge in [0.1, 0.15) is 6.04 Å². The van der Waals surface area contributed by atoms with Crippen LogP contribution in [0.3, 0.4) is 0 Å². The molecule has 1 heterocycles. The molecule has 0 aromatic heterocycles. The highest BCUT2D eigenvalue weighted by molar-refractivity contribution is 5.75. The molecule has 4 heteroatoms. The quantitative estimate of drug-likeness (QED) is 0.686. The molecule has 1 N–H and O–H groups in total. The smallest absolute Gasteiger partial charge is 0.323 e. The highest BCUT2D eigenvalue weighted by atomic mass is 16.5. The minimum absolute atomic E-state index is 0.107. The highest BCUT2D eigenvalue weighted by Crippen LogP contribution is 2.26. The lowest BCUT2D eigenvalue weighted by Gasteiger charge is -2.29. The van der Waals surface area contributed by atoms with Gasteiger partial charge in [0.25, 0.3) is 0 Å². The number of carbonyl (C=O) groups excluding carboxylic acids is 1. The first-order valence-corrected chi connectivity index (χ1v) is 7.79. The predicted octanol–water partition coefficient (Wildman–Crippen LogP) is 2.18. The number of carbonyl (C=O) groups is 1. The van der Waals surface area contributed by atoms with Crippen molar-refractivity contribution >= 4 is 5.97 Å². The number of nitrogens with one attached hydrogen (secondary N) is 1. The SMILES string of the molecule is CCNC(CCN1C(C)CCC1CC)C(=O)OCC. The molecule has 1 saturated heterocycles. The van der Waals surface area contributed by atoms with E-state index in [4.69, 9.17) is 4.74 Å². The van der Waals surface area contributed by atoms with Gasteiger partial charge < -0.3 is 10.1 Å². The summed E-state index contributed by atoms with van der Waals surface area (Å²) in [5.74, 6) is -0.107. The van der Waals surface area contributed by atoms with E-state index < -0.39 is 0 Å². The van der Waals surface area contributed by atoms with Gasteiger partial charge in [0, 0.05) is 18.6 Å². The number of esters is 1. The zero-order valence-electron chi connectivity index (χ0n) is 12.9. The molecule has 0 aromatic rings. The molecule has 112 valence electrons. The van der Waals surface area contributed by atoms with Crippen LogP contribution in [-0.4, -0.2) is 48.7 Å². The number of rotatable bonds is 8. The highest BCUT2D eigenvalue weighted by Gasteiger charge is 2.30. The fourth-order valence-corrected chi connectivity index (χ4v) is 3.04. The lowest BCUT2D eigenvalue weighted by Crippen LogP contribution is -2.43. The molecular weight excluding hydrogens is 240 g/mol. The van der Waals surface area contributed by atoms with Crippen LogP contribution in [0.15, 0.2) is 0 Å². The van der Waals surface area contributed by atoms with Crippen molar-refractivity contribution in [2.24, 2.45) is 0 Å². The maximum absolute atomic E-state index is 11.9. The Balaban J connectivity index is 2.48. The van der Waals surface area contributed by atoms with Gasteiger partial charge in [0.15, 0.2) is 0 Å². The summed E-state index contributed by atoms with van der Waals surface area (Å²) in [6.45, 7) is 10.7. The van der Waals surface area contributed by atoms with Gasteiger partial charge >= 0.3 is 5.97 Å². The van der Waals surface area contributed by atoms with E-state index in [2.05, 4.69) is 24.1 Å². The maximum atomic E-state index is 11.9. The first kappa shape index (κ1) is 16.4. The van der Waals surface area contributed by atoms with E-state index in [1.807, 2.05) is 13.8 Å². The van der Waals surface area contributed by atoms with Crippen molar-refractivity contribution in [1.82, 2.24) is 10.2 Å². The van der Waals surface area contributed by atoms with E-state index in [-0.39, 0.29) is 12.0 Å². The second kappa shape index (κ2) is 8.54. The second-order valence-electron chi connectivity index (χ2n) is 5.38. The largest absolute Gasteiger partial charge is 0.465 e. The fourth-order valence-electron chi connectivity index (χ4n) is 3.04. The molecule has 1 aliphatic rings. The number of ether oxygens (including phenoxy) is 1. The number of hydrogen-bond acceptors (Lipinski definition) is 4. The molecule has 1 rings (SSSR count). The van der Waals surface area contributed by atoms with Crippen molar-refractivity contribution in [2.75, 3.05) is 19.7 Å². The number of likely N-dealkylation sites (N-methyl/N-ethyl adjacent to an activating group) is 1. The second-order valence-corrected chi connectivity index (χ2v) is 5.38. The Hall–Kier alpha value is -0.610. The molecule has 0 radical (unpaired) electrons. The zero-order chi connectivity index (χ0) is 14.3. The van der Waals surface area contributed by atoms with Crippen LogP contribution in [0.25, 0.3) is 0 Å². The lowest BCUT2D eigenvalue weighted by molar-refractivity contribution is -0.146. The van der Waals surface area contributed by atoms with Crippen molar-refractivity contribution in [3.8, 4) is 0 Å². The number of likely N-dealkylation sites (tertiary alicyclic amines) is 1. The molecule has 1 aliphatic heterocycles. The van der Waals surface area contributed by atoms with Gasteiger partial charge in [-0.2, -0.15) is 0 Å². The van der Waals surface area contributed by atoms with E-state index in [1.54, 1.807) is 0 Å². The standard InChI is InChI=1S/C15H30N2O2/c1-5-13-9-8-12(4)17(13)11-10-14(16-6-2)15(18)19-7-3/h12-14,16H,5-11H2,1-4H3. The zero-order valence-corrected chi connectivity index (χ0v) is 12.9. The van der Waals surface area contributed by atoms with Crippen LogP contribution in [0, 0.1) is 0 Å². The molecule has 3 unspecified atom stereocenters. The Morgan fingerprint density at radius 2 is 2.11 bits per heavy atom. The number of hydrogen-bond donors (Lipinski definition) is 1. The average molecular weight is 270 g/mol. The molecule has 0 aliphatic carbocycles. The normalized spacial score (nSPS) is 25.5. The van der Waals surface area contributed by atoms with E-state index in [9.17, 15) is 4.79 Å². The van der Waals surface area contributed by atoms with Gasteiger partial charge in [-0.1, -0.05) is 13.8 Å². The number of nitrogens with zero attached hydrogens (tertiary/aromatic N) is 1. The third kappa shape index (κ3) is 4.77. The summed E-state index contributed by atoms with van der Waals surface area (Å²) in [6.07, 6.45) is 4.62. The molecule has 1 fully saturated rings. The van der Waals surface area contributed by atoms with Gasteiger partial charge in [-0.05, 0) is 46.1 Å². The van der Waals surface area contributed by atoms with Crippen LogP contribution < -0.4 is 5.32 Å². The van der Waals surface area contributed by atoms with Gasteiger partial charge in [-0.15, -0.1) is 0 Å². The third-order valence-electron chi connectivity index (χ3n) is 4.12. The van der Waals surface area contributed by atoms with Gasteiger partial charge in [0.05, 0.1) is 6.61 Å². The Bertz CT molecular complexity index is 271. The molecule has 0 spiro atoms. The summed E-state index contributed by atoms with van der Waals surface area (Å²) in [5.41, 5.74) is 0. The summed E-state index contributed by atoms with van der Waals surface area (Å²) in [4.78, 5) is 14.4. The van der Waals surface area contributed by atoms with Crippen LogP contribution in [0.4, 0.5) is 0 Å². The van der Waals surface area contributed by atoms with Crippen molar-refractivity contribution in [2.45, 2.75) is 71.5 Å². The molecular formula is C15H30N2O2. The minimum atomic E-state index is -0.157. The summed E-state index contributed by atoms with van der Waals surface area (Å²) in [5, 5.41) is 3.24. The molecule has 0 bridgehead atoms. The molecule has 4 nitrogen and oxygen atoms in total. The minimum Gasteiger partial charge on any atom is -0.465 e. The van der Waals surface area contributed by atoms with Gasteiger partial charge in [-0.3, -0.25) is 9.69 Å². The topological polar surface area (TPSA) is 41.6 Å². The Kier molecular flexibility index (Phi) is 7.39. The van der Waals surface area contributed by atoms with E-state index in [0.29, 0.717) is 18.7 Å². The van der Waals surface area contributed by atoms with Crippen LogP contribution in [0.1, 0.15) is 53.4 Å². The summed E-state index contributed by atoms with van der Waals surface area (Å²) in [6, 6.07) is 1.18. The van der Waals surface area contributed by atoms with Crippen LogP contribution in [0.5, 0.6) is 0 Å². The Labute approximate surface area is 117 Å². The van der Waals surface area contributed by atoms with Crippen molar-refractivity contribution in [3.63, 3.8) is 0 Å².